The summed E-state index contributed by atoms with van der Waals surface area (Å²) < 4.78 is 0. The number of benzene rings is 1. The number of rotatable bonds is 2. The molecule has 3 rings (SSSR count). The van der Waals surface area contributed by atoms with Crippen LogP contribution in [0.1, 0.15) is 16.2 Å². The third-order valence-electron chi connectivity index (χ3n) is 3.06. The van der Waals surface area contributed by atoms with Crippen LogP contribution in [0.4, 0.5) is 11.4 Å². The minimum atomic E-state index is -0.322. The maximum atomic E-state index is 12.2. The van der Waals surface area contributed by atoms with Crippen molar-refractivity contribution >= 4 is 28.2 Å². The Hall–Kier alpha value is -3.02. The second-order valence-electron chi connectivity index (χ2n) is 4.60. The summed E-state index contributed by atoms with van der Waals surface area (Å²) in [5, 5.41) is 3.59. The van der Waals surface area contributed by atoms with Gasteiger partial charge in [0.1, 0.15) is 5.69 Å². The topological polar surface area (TPSA) is 93.8 Å². The highest BCUT2D eigenvalue weighted by atomic mass is 16.1. The Kier molecular flexibility index (Phi) is 3.19. The summed E-state index contributed by atoms with van der Waals surface area (Å²) >= 11 is 0. The lowest BCUT2D eigenvalue weighted by Crippen LogP contribution is -2.14. The molecule has 0 unspecified atom stereocenters. The lowest BCUT2D eigenvalue weighted by Gasteiger charge is -2.09. The number of hydrogen-bond donors (Lipinski definition) is 2. The predicted molar refractivity (Wildman–Crippen MR) is 80.9 cm³/mol. The summed E-state index contributed by atoms with van der Waals surface area (Å²) in [6, 6.07) is 7.11. The molecular weight excluding hydrogens is 266 g/mol. The highest BCUT2D eigenvalue weighted by Gasteiger charge is 2.11. The maximum absolute atomic E-state index is 12.2. The van der Waals surface area contributed by atoms with Crippen LogP contribution in [0.15, 0.2) is 42.9 Å². The molecule has 3 aromatic rings. The third kappa shape index (κ3) is 2.51. The van der Waals surface area contributed by atoms with E-state index in [1.165, 1.54) is 6.20 Å². The van der Waals surface area contributed by atoms with E-state index >= 15 is 0 Å². The van der Waals surface area contributed by atoms with E-state index in [9.17, 15) is 4.79 Å². The Labute approximate surface area is 121 Å². The first kappa shape index (κ1) is 13.0. The van der Waals surface area contributed by atoms with E-state index in [0.717, 1.165) is 11.1 Å². The van der Waals surface area contributed by atoms with Gasteiger partial charge in [0, 0.05) is 17.8 Å². The Morgan fingerprint density at radius 1 is 1.14 bits per heavy atom. The molecule has 0 fully saturated rings. The summed E-state index contributed by atoms with van der Waals surface area (Å²) in [6.07, 6.45) is 4.66. The van der Waals surface area contributed by atoms with Gasteiger partial charge < -0.3 is 11.1 Å². The van der Waals surface area contributed by atoms with Crippen LogP contribution >= 0.6 is 0 Å². The molecule has 0 saturated carbocycles. The van der Waals surface area contributed by atoms with E-state index < -0.39 is 0 Å². The molecule has 3 N–H and O–H groups in total. The van der Waals surface area contributed by atoms with Gasteiger partial charge in [-0.3, -0.25) is 14.8 Å². The molecule has 0 spiro atoms. The van der Waals surface area contributed by atoms with Crippen LogP contribution < -0.4 is 11.1 Å². The third-order valence-corrected chi connectivity index (χ3v) is 3.06. The number of fused-ring (bicyclic) bond motifs is 1. The first-order chi connectivity index (χ1) is 10.1. The predicted octanol–water partition coefficient (Wildman–Crippen LogP) is 2.17. The van der Waals surface area contributed by atoms with E-state index in [0.29, 0.717) is 16.9 Å². The summed E-state index contributed by atoms with van der Waals surface area (Å²) in [5.74, 6) is -0.322. The second kappa shape index (κ2) is 5.16. The molecule has 6 nitrogen and oxygen atoms in total. The van der Waals surface area contributed by atoms with Crippen molar-refractivity contribution in [3.8, 4) is 0 Å². The summed E-state index contributed by atoms with van der Waals surface area (Å²) in [5.41, 5.74) is 8.77. The van der Waals surface area contributed by atoms with Gasteiger partial charge in [0.05, 0.1) is 28.8 Å². The van der Waals surface area contributed by atoms with Gasteiger partial charge in [0.15, 0.2) is 0 Å². The van der Waals surface area contributed by atoms with E-state index in [2.05, 4.69) is 20.3 Å². The first-order valence-electron chi connectivity index (χ1n) is 6.38. The first-order valence-corrected chi connectivity index (χ1v) is 6.38. The molecule has 2 aromatic heterocycles. The molecule has 1 aromatic carbocycles. The molecule has 6 heteroatoms. The molecule has 0 aliphatic heterocycles. The van der Waals surface area contributed by atoms with Crippen molar-refractivity contribution in [3.05, 3.63) is 54.2 Å². The maximum Gasteiger partial charge on any atom is 0.275 e. The van der Waals surface area contributed by atoms with E-state index in [1.807, 2.05) is 13.0 Å². The van der Waals surface area contributed by atoms with Gasteiger partial charge in [-0.15, -0.1) is 0 Å². The Morgan fingerprint density at radius 3 is 2.76 bits per heavy atom. The number of carbonyl (C=O) groups excluding carboxylic acids is 1. The number of nitrogen functional groups attached to an aromatic ring is 1. The number of aryl methyl sites for hydroxylation is 1. The zero-order valence-corrected chi connectivity index (χ0v) is 11.4. The largest absolute Gasteiger partial charge is 0.397 e. The number of anilines is 2. The van der Waals surface area contributed by atoms with E-state index in [-0.39, 0.29) is 11.6 Å². The van der Waals surface area contributed by atoms with Gasteiger partial charge in [-0.2, -0.15) is 0 Å². The van der Waals surface area contributed by atoms with Crippen molar-refractivity contribution in [1.82, 2.24) is 15.0 Å². The van der Waals surface area contributed by atoms with Gasteiger partial charge in [0.25, 0.3) is 5.91 Å². The van der Waals surface area contributed by atoms with Crippen LogP contribution in [0.25, 0.3) is 10.9 Å². The van der Waals surface area contributed by atoms with Crippen molar-refractivity contribution < 1.29 is 4.79 Å². The number of nitrogens with zero attached hydrogens (tertiary/aromatic N) is 3. The number of carbonyl (C=O) groups is 1. The minimum Gasteiger partial charge on any atom is -0.397 e. The van der Waals surface area contributed by atoms with Gasteiger partial charge in [-0.05, 0) is 31.2 Å². The fourth-order valence-corrected chi connectivity index (χ4v) is 2.00. The molecule has 0 radical (unpaired) electrons. The lowest BCUT2D eigenvalue weighted by atomic mass is 10.1. The standard InChI is InChI=1S/C15H13N5O/c1-9-7-19-13(8-18-9)15(21)20-12-5-4-11(16)14-10(12)3-2-6-17-14/h2-8H,16H2,1H3,(H,20,21). The highest BCUT2D eigenvalue weighted by molar-refractivity contribution is 6.09. The fraction of sp³-hybridized carbons (Fsp3) is 0.0667. The van der Waals surface area contributed by atoms with Gasteiger partial charge in [0.2, 0.25) is 0 Å². The zero-order chi connectivity index (χ0) is 14.8. The Bertz CT molecular complexity index is 814. The molecule has 104 valence electrons. The Morgan fingerprint density at radius 2 is 2.00 bits per heavy atom. The van der Waals surface area contributed by atoms with E-state index in [4.69, 9.17) is 5.73 Å². The van der Waals surface area contributed by atoms with E-state index in [1.54, 1.807) is 30.6 Å². The molecule has 0 atom stereocenters. The van der Waals surface area contributed by atoms with Gasteiger partial charge >= 0.3 is 0 Å². The van der Waals surface area contributed by atoms with Crippen molar-refractivity contribution in [1.29, 1.82) is 0 Å². The molecule has 21 heavy (non-hydrogen) atoms. The minimum absolute atomic E-state index is 0.259. The molecule has 1 amide bonds. The average Bonchev–Trinajstić information content (AvgIpc) is 2.51. The smallest absolute Gasteiger partial charge is 0.275 e. The van der Waals surface area contributed by atoms with Crippen molar-refractivity contribution in [2.75, 3.05) is 11.1 Å². The number of aromatic nitrogens is 3. The summed E-state index contributed by atoms with van der Waals surface area (Å²) in [7, 11) is 0. The van der Waals surface area contributed by atoms with Crippen LogP contribution in [-0.4, -0.2) is 20.9 Å². The summed E-state index contributed by atoms with van der Waals surface area (Å²) in [4.78, 5) is 24.5. The molecule has 0 aliphatic carbocycles. The number of nitrogens with one attached hydrogen (secondary N) is 1. The highest BCUT2D eigenvalue weighted by Crippen LogP contribution is 2.26. The van der Waals surface area contributed by atoms with Crippen molar-refractivity contribution in [3.63, 3.8) is 0 Å². The quantitative estimate of drug-likeness (QED) is 0.701. The van der Waals surface area contributed by atoms with Crippen LogP contribution in [-0.2, 0) is 0 Å². The zero-order valence-electron chi connectivity index (χ0n) is 11.4. The number of hydrogen-bond acceptors (Lipinski definition) is 5. The SMILES string of the molecule is Cc1cnc(C(=O)Nc2ccc(N)c3ncccc23)cn1. The monoisotopic (exact) mass is 279 g/mol. The fourth-order valence-electron chi connectivity index (χ4n) is 2.00. The molecule has 0 aliphatic rings. The summed E-state index contributed by atoms with van der Waals surface area (Å²) in [6.45, 7) is 1.81. The van der Waals surface area contributed by atoms with Crippen LogP contribution in [0, 0.1) is 6.92 Å². The number of nitrogens with two attached hydrogens (primary N) is 1. The average molecular weight is 279 g/mol. The van der Waals surface area contributed by atoms with Crippen molar-refractivity contribution in [2.45, 2.75) is 6.92 Å². The molecule has 2 heterocycles. The van der Waals surface area contributed by atoms with Gasteiger partial charge in [-0.1, -0.05) is 0 Å². The number of amides is 1. The van der Waals surface area contributed by atoms with Crippen LogP contribution in [0.5, 0.6) is 0 Å². The molecule has 0 saturated heterocycles. The van der Waals surface area contributed by atoms with Crippen LogP contribution in [0.2, 0.25) is 0 Å². The number of pyridine rings is 1. The van der Waals surface area contributed by atoms with Crippen LogP contribution in [0.3, 0.4) is 0 Å². The molecule has 0 bridgehead atoms. The normalized spacial score (nSPS) is 10.5. The van der Waals surface area contributed by atoms with Crippen molar-refractivity contribution in [2.24, 2.45) is 0 Å². The Balaban J connectivity index is 1.97. The second-order valence-corrected chi connectivity index (χ2v) is 4.60. The lowest BCUT2D eigenvalue weighted by molar-refractivity contribution is 0.102. The molecular formula is C15H13N5O. The van der Waals surface area contributed by atoms with Gasteiger partial charge in [-0.25, -0.2) is 4.98 Å².